The van der Waals surface area contributed by atoms with Crippen molar-refractivity contribution in [3.8, 4) is 12.3 Å². The number of nitrogens with zero attached hydrogens (tertiary/aromatic N) is 1. The van der Waals surface area contributed by atoms with E-state index in [1.54, 1.807) is 6.92 Å². The van der Waals surface area contributed by atoms with Crippen molar-refractivity contribution in [2.45, 2.75) is 124 Å². The first-order chi connectivity index (χ1) is 23.5. The fourth-order valence-electron chi connectivity index (χ4n) is 6.80. The second-order valence-electron chi connectivity index (χ2n) is 15.2. The highest BCUT2D eigenvalue weighted by atomic mass is 16.5. The van der Waals surface area contributed by atoms with Crippen LogP contribution < -0.4 is 26.6 Å². The minimum Gasteiger partial charge on any atom is -0.447 e. The number of Topliss-reactive ketones (excluding diaryl/α,β-unsaturated/α-hetero) is 1. The van der Waals surface area contributed by atoms with Gasteiger partial charge in [-0.1, -0.05) is 66.9 Å². The number of terminal acetylenes is 1. The maximum atomic E-state index is 14.7. The number of likely N-dealkylation sites (tertiary alicyclic amines) is 1. The molecule has 280 valence electrons. The lowest BCUT2D eigenvalue weighted by atomic mass is 9.70. The monoisotopic (exact) mass is 700 g/mol. The number of carbonyl (C=O) groups is 6. The third-order valence-electron chi connectivity index (χ3n) is 9.96. The predicted octanol–water partition coefficient (Wildman–Crippen LogP) is 3.43. The van der Waals surface area contributed by atoms with Crippen molar-refractivity contribution in [3.63, 3.8) is 0 Å². The third kappa shape index (κ3) is 11.8. The van der Waals surface area contributed by atoms with E-state index >= 15 is 0 Å². The Kier molecular flexibility index (Phi) is 16.3. The lowest BCUT2D eigenvalue weighted by Gasteiger charge is -2.43. The number of nitrogens with one attached hydrogen (secondary N) is 5. The van der Waals surface area contributed by atoms with Gasteiger partial charge in [-0.05, 0) is 55.3 Å². The standard InChI is InChI=1S/C37H60N6O7/c1-10-13-17-26(29(44)32(46)39-21-11-2)40-31(45)28-25(24(4)5)18-22-43(28)33(47)30(37(9)19-15-14-16-20-37)42-34(48)41-27(36(6,7)8)23-50-35(49)38-12-3/h1,11,24-28,30H,2,12-23H2,3-9H3,(H,38,49)(H,39,46)(H,40,45)(H2,41,42,48)/t25?,26?,27-,28+,30-/m1/s1. The fourth-order valence-corrected chi connectivity index (χ4v) is 6.80. The molecule has 1 saturated heterocycles. The number of carbonyl (C=O) groups excluding carboxylic acids is 6. The van der Waals surface area contributed by atoms with Crippen LogP contribution in [0.25, 0.3) is 0 Å². The molecule has 0 spiro atoms. The summed E-state index contributed by atoms with van der Waals surface area (Å²) in [5.74, 6) is -0.388. The summed E-state index contributed by atoms with van der Waals surface area (Å²) in [4.78, 5) is 81.7. The Hall–Kier alpha value is -4.08. The predicted molar refractivity (Wildman–Crippen MR) is 192 cm³/mol. The summed E-state index contributed by atoms with van der Waals surface area (Å²) >= 11 is 0. The van der Waals surface area contributed by atoms with Crippen molar-refractivity contribution in [2.24, 2.45) is 22.7 Å². The summed E-state index contributed by atoms with van der Waals surface area (Å²) in [7, 11) is 0. The van der Waals surface area contributed by atoms with Crippen molar-refractivity contribution >= 4 is 35.6 Å². The molecule has 50 heavy (non-hydrogen) atoms. The summed E-state index contributed by atoms with van der Waals surface area (Å²) < 4.78 is 5.35. The average Bonchev–Trinajstić information content (AvgIpc) is 3.51. The minimum atomic E-state index is -1.18. The van der Waals surface area contributed by atoms with Crippen molar-refractivity contribution in [1.82, 2.24) is 31.5 Å². The van der Waals surface area contributed by atoms with Crippen molar-refractivity contribution in [3.05, 3.63) is 12.7 Å². The van der Waals surface area contributed by atoms with Gasteiger partial charge in [0.1, 0.15) is 18.7 Å². The van der Waals surface area contributed by atoms with E-state index in [2.05, 4.69) is 39.1 Å². The van der Waals surface area contributed by atoms with E-state index in [-0.39, 0.29) is 50.3 Å². The number of hydrogen-bond acceptors (Lipinski definition) is 7. The molecule has 0 bridgehead atoms. The molecule has 1 heterocycles. The number of hydrogen-bond donors (Lipinski definition) is 5. The van der Waals surface area contributed by atoms with Gasteiger partial charge in [0, 0.05) is 26.1 Å². The highest BCUT2D eigenvalue weighted by Crippen LogP contribution is 2.41. The van der Waals surface area contributed by atoms with Gasteiger partial charge in [0.15, 0.2) is 0 Å². The van der Waals surface area contributed by atoms with E-state index in [0.29, 0.717) is 25.8 Å². The van der Waals surface area contributed by atoms with Gasteiger partial charge in [-0.15, -0.1) is 18.9 Å². The lowest BCUT2D eigenvalue weighted by Crippen LogP contribution is -2.63. The molecule has 1 saturated carbocycles. The van der Waals surface area contributed by atoms with E-state index in [9.17, 15) is 28.8 Å². The summed E-state index contributed by atoms with van der Waals surface area (Å²) in [6, 6.07) is -4.23. The fraction of sp³-hybridized carbons (Fsp3) is 0.730. The highest BCUT2D eigenvalue weighted by molar-refractivity contribution is 6.38. The minimum absolute atomic E-state index is 0.0109. The van der Waals surface area contributed by atoms with E-state index < -0.39 is 64.7 Å². The van der Waals surface area contributed by atoms with Crippen molar-refractivity contribution in [1.29, 1.82) is 0 Å². The SMILES string of the molecule is C#CCCC(NC(=O)[C@@H]1C(C(C)C)CCN1C(=O)[C@@H](NC(=O)N[C@H](COC(=O)NCC)C(C)(C)C)C1(C)CCCCC1)C(=O)C(=O)NCC=C. The molecule has 6 amide bonds. The quantitative estimate of drug-likeness (QED) is 0.0932. The third-order valence-corrected chi connectivity index (χ3v) is 9.96. The Morgan fingerprint density at radius 1 is 1.04 bits per heavy atom. The topological polar surface area (TPSA) is 175 Å². The van der Waals surface area contributed by atoms with Crippen molar-refractivity contribution in [2.75, 3.05) is 26.2 Å². The largest absolute Gasteiger partial charge is 0.447 e. The average molecular weight is 701 g/mol. The van der Waals surface area contributed by atoms with E-state index in [1.165, 1.54) is 11.0 Å². The Bertz CT molecular complexity index is 1260. The Morgan fingerprint density at radius 3 is 2.26 bits per heavy atom. The zero-order valence-electron chi connectivity index (χ0n) is 31.1. The number of alkyl carbamates (subject to hydrolysis) is 1. The molecule has 0 aromatic heterocycles. The van der Waals surface area contributed by atoms with Gasteiger partial charge in [0.25, 0.3) is 5.91 Å². The zero-order chi connectivity index (χ0) is 37.6. The van der Waals surface area contributed by atoms with Gasteiger partial charge in [0.05, 0.1) is 12.1 Å². The van der Waals surface area contributed by atoms with Crippen LogP contribution >= 0.6 is 0 Å². The summed E-state index contributed by atoms with van der Waals surface area (Å²) in [6.07, 6.45) is 11.2. The number of urea groups is 1. The first-order valence-corrected chi connectivity index (χ1v) is 18.0. The van der Waals surface area contributed by atoms with Crippen LogP contribution in [0.4, 0.5) is 9.59 Å². The van der Waals surface area contributed by atoms with Crippen LogP contribution in [-0.2, 0) is 23.9 Å². The summed E-state index contributed by atoms with van der Waals surface area (Å²) in [5, 5.41) is 13.7. The van der Waals surface area contributed by atoms with Crippen LogP contribution in [0.2, 0.25) is 0 Å². The molecule has 0 aromatic carbocycles. The van der Waals surface area contributed by atoms with Crippen LogP contribution in [-0.4, -0.2) is 90.9 Å². The molecule has 5 N–H and O–H groups in total. The van der Waals surface area contributed by atoms with E-state index in [4.69, 9.17) is 11.2 Å². The van der Waals surface area contributed by atoms with Gasteiger partial charge < -0.3 is 36.2 Å². The molecule has 2 unspecified atom stereocenters. The van der Waals surface area contributed by atoms with Crippen LogP contribution in [0.3, 0.4) is 0 Å². The molecule has 2 rings (SSSR count). The number of ketones is 1. The molecule has 2 fully saturated rings. The molecule has 1 aliphatic carbocycles. The molecule has 1 aliphatic heterocycles. The molecular formula is C37H60N6O7. The van der Waals surface area contributed by atoms with Gasteiger partial charge >= 0.3 is 12.1 Å². The number of rotatable bonds is 16. The number of ether oxygens (including phenoxy) is 1. The summed E-state index contributed by atoms with van der Waals surface area (Å²) in [6.45, 7) is 17.7. The van der Waals surface area contributed by atoms with Crippen molar-refractivity contribution < 1.29 is 33.5 Å². The molecule has 13 nitrogen and oxygen atoms in total. The Balaban J connectivity index is 2.42. The molecule has 5 atom stereocenters. The maximum Gasteiger partial charge on any atom is 0.407 e. The van der Waals surface area contributed by atoms with Gasteiger partial charge in [-0.2, -0.15) is 0 Å². The molecular weight excluding hydrogens is 640 g/mol. The van der Waals surface area contributed by atoms with Gasteiger partial charge in [-0.3, -0.25) is 19.2 Å². The maximum absolute atomic E-state index is 14.7. The van der Waals surface area contributed by atoms with E-state index in [0.717, 1.165) is 19.3 Å². The molecule has 0 aromatic rings. The second kappa shape index (κ2) is 19.3. The van der Waals surface area contributed by atoms with Crippen LogP contribution in [0, 0.1) is 35.0 Å². The Morgan fingerprint density at radius 2 is 1.70 bits per heavy atom. The Labute approximate surface area is 298 Å². The first-order valence-electron chi connectivity index (χ1n) is 18.0. The van der Waals surface area contributed by atoms with Crippen LogP contribution in [0.1, 0.15) is 99.8 Å². The highest BCUT2D eigenvalue weighted by Gasteiger charge is 2.50. The van der Waals surface area contributed by atoms with Gasteiger partial charge in [-0.25, -0.2) is 9.59 Å². The summed E-state index contributed by atoms with van der Waals surface area (Å²) in [5.41, 5.74) is -1.08. The molecule has 2 aliphatic rings. The van der Waals surface area contributed by atoms with Gasteiger partial charge in [0.2, 0.25) is 17.6 Å². The molecule has 0 radical (unpaired) electrons. The number of amides is 6. The van der Waals surface area contributed by atoms with Crippen LogP contribution in [0.5, 0.6) is 0 Å². The van der Waals surface area contributed by atoms with E-state index in [1.807, 2.05) is 41.5 Å². The normalized spacial score (nSPS) is 20.3. The van der Waals surface area contributed by atoms with Crippen LogP contribution in [0.15, 0.2) is 12.7 Å². The lowest BCUT2D eigenvalue weighted by molar-refractivity contribution is -0.145. The first kappa shape index (κ1) is 42.1. The second-order valence-corrected chi connectivity index (χ2v) is 15.2. The zero-order valence-corrected chi connectivity index (χ0v) is 31.1. The molecule has 13 heteroatoms. The smallest absolute Gasteiger partial charge is 0.407 e.